The summed E-state index contributed by atoms with van der Waals surface area (Å²) in [5.41, 5.74) is -0.00113. The third-order valence-electron chi connectivity index (χ3n) is 4.33. The number of hydrogen-bond acceptors (Lipinski definition) is 8. The van der Waals surface area contributed by atoms with Crippen LogP contribution < -0.4 is 5.32 Å². The van der Waals surface area contributed by atoms with Crippen molar-refractivity contribution in [2.24, 2.45) is 0 Å². The second-order valence-corrected chi connectivity index (χ2v) is 6.39. The summed E-state index contributed by atoms with van der Waals surface area (Å²) < 4.78 is 10.9. The number of rotatable bonds is 9. The minimum atomic E-state index is -0.575. The summed E-state index contributed by atoms with van der Waals surface area (Å²) >= 11 is 0. The number of aromatic nitrogens is 2. The van der Waals surface area contributed by atoms with Crippen LogP contribution in [0.1, 0.15) is 26.2 Å². The highest BCUT2D eigenvalue weighted by molar-refractivity contribution is 5.96. The van der Waals surface area contributed by atoms with E-state index in [0.717, 1.165) is 6.42 Å². The molecule has 1 atom stereocenters. The molecule has 152 valence electrons. The van der Waals surface area contributed by atoms with Crippen molar-refractivity contribution in [2.75, 3.05) is 11.9 Å². The lowest BCUT2D eigenvalue weighted by molar-refractivity contribution is -0.383. The van der Waals surface area contributed by atoms with E-state index in [1.54, 1.807) is 31.2 Å². The molecule has 1 amide bonds. The number of anilines is 1. The van der Waals surface area contributed by atoms with Crippen LogP contribution in [0, 0.1) is 10.1 Å². The Labute approximate surface area is 166 Å². The van der Waals surface area contributed by atoms with Gasteiger partial charge in [0.1, 0.15) is 5.69 Å². The van der Waals surface area contributed by atoms with Gasteiger partial charge in [0.15, 0.2) is 5.76 Å². The molecule has 0 aliphatic rings. The van der Waals surface area contributed by atoms with Crippen LogP contribution in [-0.4, -0.2) is 38.5 Å². The second-order valence-electron chi connectivity index (χ2n) is 6.39. The zero-order valence-electron chi connectivity index (χ0n) is 16.1. The summed E-state index contributed by atoms with van der Waals surface area (Å²) in [6.07, 6.45) is 2.31. The fourth-order valence-corrected chi connectivity index (χ4v) is 2.83. The number of nitro groups is 1. The standard InChI is InChI=1S/C19H21N5O5/c1-3-10-23(12-17-21-22-19(29-17)16-9-6-11-28-16)13(2)18(25)20-14-7-4-5-8-15(14)24(26)27/h4-9,11,13H,3,10,12H2,1-2H3,(H,20,25)/t13-/m1/s1. The molecule has 0 aliphatic heterocycles. The molecule has 0 bridgehead atoms. The van der Waals surface area contributed by atoms with Crippen molar-refractivity contribution in [1.82, 2.24) is 15.1 Å². The molecule has 0 aliphatic carbocycles. The largest absolute Gasteiger partial charge is 0.459 e. The summed E-state index contributed by atoms with van der Waals surface area (Å²) in [6, 6.07) is 8.88. The average Bonchev–Trinajstić information content (AvgIpc) is 3.39. The molecular weight excluding hydrogens is 378 g/mol. The van der Waals surface area contributed by atoms with Crippen molar-refractivity contribution in [2.45, 2.75) is 32.9 Å². The van der Waals surface area contributed by atoms with E-state index in [1.807, 2.05) is 11.8 Å². The van der Waals surface area contributed by atoms with E-state index in [1.165, 1.54) is 18.4 Å². The van der Waals surface area contributed by atoms with Gasteiger partial charge in [-0.05, 0) is 38.1 Å². The smallest absolute Gasteiger partial charge is 0.292 e. The number of carbonyl (C=O) groups is 1. The molecule has 0 unspecified atom stereocenters. The molecule has 1 aromatic carbocycles. The lowest BCUT2D eigenvalue weighted by atomic mass is 10.2. The summed E-state index contributed by atoms with van der Waals surface area (Å²) in [5.74, 6) is 0.708. The number of nitrogens with one attached hydrogen (secondary N) is 1. The third kappa shape index (κ3) is 4.85. The number of hydrogen-bond donors (Lipinski definition) is 1. The maximum absolute atomic E-state index is 12.7. The van der Waals surface area contributed by atoms with E-state index < -0.39 is 11.0 Å². The Morgan fingerprint density at radius 3 is 2.76 bits per heavy atom. The average molecular weight is 399 g/mol. The van der Waals surface area contributed by atoms with Crippen LogP contribution in [0.3, 0.4) is 0 Å². The van der Waals surface area contributed by atoms with Crippen molar-refractivity contribution in [3.8, 4) is 11.7 Å². The maximum atomic E-state index is 12.7. The summed E-state index contributed by atoms with van der Waals surface area (Å²) in [6.45, 7) is 4.57. The van der Waals surface area contributed by atoms with E-state index in [9.17, 15) is 14.9 Å². The Kier molecular flexibility index (Phi) is 6.35. The van der Waals surface area contributed by atoms with Gasteiger partial charge in [-0.2, -0.15) is 0 Å². The molecule has 0 radical (unpaired) electrons. The van der Waals surface area contributed by atoms with Crippen molar-refractivity contribution < 1.29 is 18.6 Å². The fourth-order valence-electron chi connectivity index (χ4n) is 2.83. The van der Waals surface area contributed by atoms with E-state index in [2.05, 4.69) is 15.5 Å². The molecule has 0 spiro atoms. The number of benzene rings is 1. The molecule has 10 nitrogen and oxygen atoms in total. The molecule has 2 aromatic heterocycles. The van der Waals surface area contributed by atoms with Gasteiger partial charge in [0, 0.05) is 6.07 Å². The first-order chi connectivity index (χ1) is 14.0. The Hall–Kier alpha value is -3.53. The summed E-state index contributed by atoms with van der Waals surface area (Å²) in [4.78, 5) is 25.2. The van der Waals surface area contributed by atoms with Crippen LogP contribution in [0.25, 0.3) is 11.7 Å². The highest BCUT2D eigenvalue weighted by atomic mass is 16.6. The van der Waals surface area contributed by atoms with Crippen molar-refractivity contribution in [3.05, 3.63) is 58.7 Å². The molecule has 10 heteroatoms. The van der Waals surface area contributed by atoms with Gasteiger partial charge in [-0.1, -0.05) is 19.1 Å². The predicted octanol–water partition coefficient (Wildman–Crippen LogP) is 3.48. The number of para-hydroxylation sites is 2. The normalized spacial score (nSPS) is 12.1. The number of carbonyl (C=O) groups excluding carboxylic acids is 1. The SMILES string of the molecule is CCCN(Cc1nnc(-c2ccco2)o1)[C@H](C)C(=O)Nc1ccccc1[N+](=O)[O-]. The van der Waals surface area contributed by atoms with Gasteiger partial charge >= 0.3 is 0 Å². The molecule has 3 rings (SSSR count). The van der Waals surface area contributed by atoms with Crippen molar-refractivity contribution in [3.63, 3.8) is 0 Å². The first-order valence-electron chi connectivity index (χ1n) is 9.14. The van der Waals surface area contributed by atoms with Crippen LogP contribution in [0.4, 0.5) is 11.4 Å². The zero-order valence-corrected chi connectivity index (χ0v) is 16.1. The topological polar surface area (TPSA) is 128 Å². The maximum Gasteiger partial charge on any atom is 0.292 e. The Bertz CT molecular complexity index is 969. The van der Waals surface area contributed by atoms with Gasteiger partial charge in [-0.15, -0.1) is 10.2 Å². The lowest BCUT2D eigenvalue weighted by Gasteiger charge is -2.26. The van der Waals surface area contributed by atoms with E-state index >= 15 is 0 Å². The minimum absolute atomic E-state index is 0.156. The number of furan rings is 1. The van der Waals surface area contributed by atoms with Gasteiger partial charge in [-0.3, -0.25) is 19.8 Å². The molecule has 1 N–H and O–H groups in total. The molecule has 0 saturated carbocycles. The Morgan fingerprint density at radius 2 is 2.07 bits per heavy atom. The number of amides is 1. The third-order valence-corrected chi connectivity index (χ3v) is 4.33. The van der Waals surface area contributed by atoms with Crippen LogP contribution in [0.15, 0.2) is 51.5 Å². The van der Waals surface area contributed by atoms with Gasteiger partial charge in [0.2, 0.25) is 11.8 Å². The molecule has 0 fully saturated rings. The molecular formula is C19H21N5O5. The quantitative estimate of drug-likeness (QED) is 0.428. The van der Waals surface area contributed by atoms with E-state index in [4.69, 9.17) is 8.83 Å². The van der Waals surface area contributed by atoms with Crippen LogP contribution in [0.5, 0.6) is 0 Å². The first-order valence-corrected chi connectivity index (χ1v) is 9.14. The summed E-state index contributed by atoms with van der Waals surface area (Å²) in [5, 5.41) is 21.8. The van der Waals surface area contributed by atoms with Gasteiger partial charge in [0.25, 0.3) is 11.6 Å². The van der Waals surface area contributed by atoms with E-state index in [-0.39, 0.29) is 29.7 Å². The van der Waals surface area contributed by atoms with Gasteiger partial charge < -0.3 is 14.2 Å². The Morgan fingerprint density at radius 1 is 1.28 bits per heavy atom. The zero-order chi connectivity index (χ0) is 20.8. The predicted molar refractivity (Wildman–Crippen MR) is 104 cm³/mol. The van der Waals surface area contributed by atoms with E-state index in [0.29, 0.717) is 18.2 Å². The monoisotopic (exact) mass is 399 g/mol. The fraction of sp³-hybridized carbons (Fsp3) is 0.316. The van der Waals surface area contributed by atoms with Crippen molar-refractivity contribution >= 4 is 17.3 Å². The Balaban J connectivity index is 1.71. The molecule has 3 aromatic rings. The lowest BCUT2D eigenvalue weighted by Crippen LogP contribution is -2.42. The van der Waals surface area contributed by atoms with Crippen LogP contribution in [-0.2, 0) is 11.3 Å². The van der Waals surface area contributed by atoms with Crippen molar-refractivity contribution in [1.29, 1.82) is 0 Å². The second kappa shape index (κ2) is 9.11. The molecule has 2 heterocycles. The molecule has 0 saturated heterocycles. The van der Waals surface area contributed by atoms with Crippen LogP contribution >= 0.6 is 0 Å². The molecule has 29 heavy (non-hydrogen) atoms. The van der Waals surface area contributed by atoms with Crippen LogP contribution in [0.2, 0.25) is 0 Å². The number of nitrogens with zero attached hydrogens (tertiary/aromatic N) is 4. The highest BCUT2D eigenvalue weighted by Crippen LogP contribution is 2.24. The minimum Gasteiger partial charge on any atom is -0.459 e. The number of nitro benzene ring substituents is 1. The highest BCUT2D eigenvalue weighted by Gasteiger charge is 2.25. The summed E-state index contributed by atoms with van der Waals surface area (Å²) in [7, 11) is 0. The first kappa shape index (κ1) is 20.2. The van der Waals surface area contributed by atoms with Gasteiger partial charge in [-0.25, -0.2) is 0 Å². The van der Waals surface area contributed by atoms with Gasteiger partial charge in [0.05, 0.1) is 23.8 Å².